The summed E-state index contributed by atoms with van der Waals surface area (Å²) in [5, 5.41) is 10.0. The minimum Gasteiger partial charge on any atom is -0.417 e. The first-order chi connectivity index (χ1) is 8.13. The van der Waals surface area contributed by atoms with Gasteiger partial charge in [-0.2, -0.15) is 0 Å². The highest BCUT2D eigenvalue weighted by atomic mass is 28.4. The molecule has 106 valence electrons. The van der Waals surface area contributed by atoms with Crippen LogP contribution in [0.5, 0.6) is 0 Å². The van der Waals surface area contributed by atoms with Crippen LogP contribution in [-0.4, -0.2) is 50.0 Å². The van der Waals surface area contributed by atoms with Gasteiger partial charge in [0.1, 0.15) is 0 Å². The van der Waals surface area contributed by atoms with E-state index in [0.717, 1.165) is 6.54 Å². The average Bonchev–Trinajstić information content (AvgIpc) is 2.22. The molecule has 1 rings (SSSR count). The van der Waals surface area contributed by atoms with E-state index >= 15 is 0 Å². The van der Waals surface area contributed by atoms with Crippen LogP contribution in [0, 0.1) is 0 Å². The van der Waals surface area contributed by atoms with E-state index in [4.69, 9.17) is 4.43 Å². The van der Waals surface area contributed by atoms with E-state index in [2.05, 4.69) is 33.9 Å². The van der Waals surface area contributed by atoms with Crippen molar-refractivity contribution in [3.63, 3.8) is 0 Å². The van der Waals surface area contributed by atoms with E-state index in [-0.39, 0.29) is 10.9 Å². The Morgan fingerprint density at radius 2 is 2.06 bits per heavy atom. The number of nitrogens with zero attached hydrogens (tertiary/aromatic N) is 1. The van der Waals surface area contributed by atoms with Gasteiger partial charge in [-0.05, 0) is 24.6 Å². The van der Waals surface area contributed by atoms with Crippen molar-refractivity contribution in [1.29, 1.82) is 0 Å². The topological polar surface area (TPSA) is 49.8 Å². The number of carbonyl (C=O) groups is 1. The predicted octanol–water partition coefficient (Wildman–Crippen LogP) is 1.99. The minimum absolute atomic E-state index is 0.152. The van der Waals surface area contributed by atoms with Crippen LogP contribution in [-0.2, 0) is 9.22 Å². The summed E-state index contributed by atoms with van der Waals surface area (Å²) in [5.41, 5.74) is 0. The molecule has 1 amide bonds. The molecular formula is C13H27NO3Si. The molecule has 5 heteroatoms. The first-order valence-electron chi connectivity index (χ1n) is 6.73. The van der Waals surface area contributed by atoms with Crippen LogP contribution in [0.1, 0.15) is 33.6 Å². The highest BCUT2D eigenvalue weighted by molar-refractivity contribution is 6.74. The Kier molecular flexibility index (Phi) is 4.97. The van der Waals surface area contributed by atoms with Gasteiger partial charge in [0, 0.05) is 26.1 Å². The maximum Gasteiger partial charge on any atom is 0.224 e. The van der Waals surface area contributed by atoms with Crippen LogP contribution in [0.25, 0.3) is 0 Å². The molecule has 1 aliphatic heterocycles. The molecule has 0 saturated carbocycles. The third-order valence-corrected chi connectivity index (χ3v) is 8.64. The summed E-state index contributed by atoms with van der Waals surface area (Å²) in [6.07, 6.45) is 0.780. The zero-order valence-electron chi connectivity index (χ0n) is 12.3. The van der Waals surface area contributed by atoms with Gasteiger partial charge >= 0.3 is 0 Å². The summed E-state index contributed by atoms with van der Waals surface area (Å²) in [5.74, 6) is 0.152. The Bertz CT molecular complexity index is 299. The number of hydrogen-bond donors (Lipinski definition) is 1. The Hall–Kier alpha value is -0.393. The minimum atomic E-state index is -1.71. The molecule has 18 heavy (non-hydrogen) atoms. The molecular weight excluding hydrogens is 246 g/mol. The lowest BCUT2D eigenvalue weighted by molar-refractivity contribution is -0.141. The fourth-order valence-corrected chi connectivity index (χ4v) is 2.63. The van der Waals surface area contributed by atoms with Gasteiger partial charge in [0.05, 0.1) is 6.10 Å². The van der Waals surface area contributed by atoms with E-state index in [0.29, 0.717) is 26.0 Å². The van der Waals surface area contributed by atoms with E-state index in [9.17, 15) is 9.90 Å². The van der Waals surface area contributed by atoms with Gasteiger partial charge < -0.3 is 14.4 Å². The Balaban J connectivity index is 2.23. The Morgan fingerprint density at radius 1 is 1.44 bits per heavy atom. The van der Waals surface area contributed by atoms with Gasteiger partial charge in [-0.3, -0.25) is 4.79 Å². The molecule has 0 radical (unpaired) electrons. The van der Waals surface area contributed by atoms with E-state index in [1.54, 1.807) is 4.90 Å². The van der Waals surface area contributed by atoms with Gasteiger partial charge in [0.2, 0.25) is 5.91 Å². The standard InChI is InChI=1S/C13H27NO3Si/c1-13(2,3)18(4,5)17-9-7-11(15)10-14-8-6-12(14)16/h11,15H,6-10H2,1-5H3/t11-/m1/s1. The largest absolute Gasteiger partial charge is 0.417 e. The maximum absolute atomic E-state index is 11.1. The number of rotatable bonds is 6. The molecule has 1 atom stereocenters. The molecule has 1 heterocycles. The lowest BCUT2D eigenvalue weighted by atomic mass is 10.1. The second kappa shape index (κ2) is 5.71. The van der Waals surface area contributed by atoms with Crippen LogP contribution in [0.4, 0.5) is 0 Å². The van der Waals surface area contributed by atoms with Gasteiger partial charge in [-0.1, -0.05) is 20.8 Å². The average molecular weight is 273 g/mol. The fraction of sp³-hybridized carbons (Fsp3) is 0.923. The molecule has 0 spiro atoms. The summed E-state index contributed by atoms with van der Waals surface area (Å²) in [6, 6.07) is 0. The van der Waals surface area contributed by atoms with Crippen LogP contribution in [0.2, 0.25) is 18.1 Å². The number of β-amino-alcohol motifs (C(OH)–C–C–N with tert-alkyl or cyclic N) is 1. The number of hydrogen-bond acceptors (Lipinski definition) is 3. The number of amides is 1. The molecule has 0 aliphatic carbocycles. The van der Waals surface area contributed by atoms with Crippen molar-refractivity contribution in [1.82, 2.24) is 4.90 Å². The van der Waals surface area contributed by atoms with Crippen molar-refractivity contribution < 1.29 is 14.3 Å². The molecule has 1 saturated heterocycles. The Labute approximate surface area is 111 Å². The molecule has 0 aromatic rings. The molecule has 1 N–H and O–H groups in total. The van der Waals surface area contributed by atoms with Crippen molar-refractivity contribution in [2.24, 2.45) is 0 Å². The summed E-state index contributed by atoms with van der Waals surface area (Å²) in [4.78, 5) is 12.8. The number of carbonyl (C=O) groups excluding carboxylic acids is 1. The number of β-lactam (4-membered cyclic amide) rings is 1. The zero-order valence-corrected chi connectivity index (χ0v) is 13.3. The maximum atomic E-state index is 11.1. The van der Waals surface area contributed by atoms with Gasteiger partial charge in [0.15, 0.2) is 8.32 Å². The summed E-state index contributed by atoms with van der Waals surface area (Å²) in [7, 11) is -1.71. The molecule has 0 unspecified atom stereocenters. The third kappa shape index (κ3) is 4.07. The van der Waals surface area contributed by atoms with Crippen molar-refractivity contribution in [3.05, 3.63) is 0 Å². The van der Waals surface area contributed by atoms with Crippen LogP contribution < -0.4 is 0 Å². The summed E-state index contributed by atoms with van der Waals surface area (Å²) < 4.78 is 6.00. The van der Waals surface area contributed by atoms with Crippen LogP contribution in [0.15, 0.2) is 0 Å². The summed E-state index contributed by atoms with van der Waals surface area (Å²) in [6.45, 7) is 12.9. The first kappa shape index (κ1) is 15.7. The second-order valence-corrected chi connectivity index (χ2v) is 11.5. The van der Waals surface area contributed by atoms with Crippen LogP contribution in [0.3, 0.4) is 0 Å². The van der Waals surface area contributed by atoms with Crippen LogP contribution >= 0.6 is 0 Å². The monoisotopic (exact) mass is 273 g/mol. The van der Waals surface area contributed by atoms with Crippen molar-refractivity contribution >= 4 is 14.2 Å². The van der Waals surface area contributed by atoms with E-state index in [1.165, 1.54) is 0 Å². The second-order valence-electron chi connectivity index (χ2n) is 6.64. The molecule has 0 aromatic carbocycles. The Morgan fingerprint density at radius 3 is 2.44 bits per heavy atom. The van der Waals surface area contributed by atoms with Crippen molar-refractivity contribution in [3.8, 4) is 0 Å². The number of likely N-dealkylation sites (tertiary alicyclic amines) is 1. The van der Waals surface area contributed by atoms with E-state index < -0.39 is 14.4 Å². The molecule has 0 bridgehead atoms. The predicted molar refractivity (Wildman–Crippen MR) is 75.0 cm³/mol. The molecule has 1 aliphatic rings. The van der Waals surface area contributed by atoms with Gasteiger partial charge in [-0.15, -0.1) is 0 Å². The molecule has 0 aromatic heterocycles. The third-order valence-electron chi connectivity index (χ3n) is 4.10. The molecule has 1 fully saturated rings. The van der Waals surface area contributed by atoms with Crippen molar-refractivity contribution in [2.45, 2.75) is 57.8 Å². The lowest BCUT2D eigenvalue weighted by Crippen LogP contribution is -2.47. The van der Waals surface area contributed by atoms with E-state index in [1.807, 2.05) is 0 Å². The van der Waals surface area contributed by atoms with Gasteiger partial charge in [0.25, 0.3) is 0 Å². The molecule has 4 nitrogen and oxygen atoms in total. The summed E-state index contributed by atoms with van der Waals surface area (Å²) >= 11 is 0. The van der Waals surface area contributed by atoms with Crippen molar-refractivity contribution in [2.75, 3.05) is 19.7 Å². The highest BCUT2D eigenvalue weighted by Gasteiger charge is 2.37. The zero-order chi connectivity index (χ0) is 14.0. The smallest absolute Gasteiger partial charge is 0.224 e. The lowest BCUT2D eigenvalue weighted by Gasteiger charge is -2.37. The quantitative estimate of drug-likeness (QED) is 0.595. The van der Waals surface area contributed by atoms with Gasteiger partial charge in [-0.25, -0.2) is 0 Å². The SMILES string of the molecule is CC(C)(C)[Si](C)(C)OCC[C@@H](O)CN1CCC1=O. The first-order valence-corrected chi connectivity index (χ1v) is 9.64. The normalized spacial score (nSPS) is 18.8. The highest BCUT2D eigenvalue weighted by Crippen LogP contribution is 2.36. The number of aliphatic hydroxyl groups excluding tert-OH is 1. The number of aliphatic hydroxyl groups is 1. The fourth-order valence-electron chi connectivity index (χ4n) is 1.57.